The van der Waals surface area contributed by atoms with E-state index >= 15 is 0 Å². The molecule has 2 aromatic rings. The molecule has 114 valence electrons. The highest BCUT2D eigenvalue weighted by atomic mass is 16.5. The molecule has 2 aromatic heterocycles. The standard InChI is InChI=1S/C15H20N2O4/c18-7-9-19-13-3-5-17(6-4-13)11-12-10-15(21-16-12)14-2-1-8-20-14/h1-2,8,10,13,18H,3-7,9,11H2. The van der Waals surface area contributed by atoms with Crippen molar-refractivity contribution in [3.05, 3.63) is 30.2 Å². The van der Waals surface area contributed by atoms with E-state index in [4.69, 9.17) is 18.8 Å². The van der Waals surface area contributed by atoms with Crippen LogP contribution in [0, 0.1) is 0 Å². The van der Waals surface area contributed by atoms with Gasteiger partial charge in [0.25, 0.3) is 0 Å². The van der Waals surface area contributed by atoms with Crippen molar-refractivity contribution >= 4 is 0 Å². The van der Waals surface area contributed by atoms with E-state index in [-0.39, 0.29) is 12.7 Å². The molecule has 6 nitrogen and oxygen atoms in total. The van der Waals surface area contributed by atoms with Gasteiger partial charge in [0, 0.05) is 25.7 Å². The molecule has 0 aromatic carbocycles. The van der Waals surface area contributed by atoms with Gasteiger partial charge in [-0.15, -0.1) is 0 Å². The van der Waals surface area contributed by atoms with Gasteiger partial charge >= 0.3 is 0 Å². The highest BCUT2D eigenvalue weighted by Crippen LogP contribution is 2.22. The minimum atomic E-state index is 0.0920. The van der Waals surface area contributed by atoms with Crippen LogP contribution in [0.25, 0.3) is 11.5 Å². The molecule has 1 aliphatic rings. The molecule has 0 spiro atoms. The molecule has 3 heterocycles. The zero-order valence-electron chi connectivity index (χ0n) is 11.9. The van der Waals surface area contributed by atoms with E-state index in [0.717, 1.165) is 38.2 Å². The van der Waals surface area contributed by atoms with Crippen LogP contribution in [0.1, 0.15) is 18.5 Å². The molecule has 3 rings (SSSR count). The lowest BCUT2D eigenvalue weighted by Crippen LogP contribution is -2.36. The van der Waals surface area contributed by atoms with Crippen LogP contribution in [-0.4, -0.2) is 47.6 Å². The second-order valence-electron chi connectivity index (χ2n) is 5.23. The van der Waals surface area contributed by atoms with Gasteiger partial charge in [-0.05, 0) is 25.0 Å². The molecule has 1 fully saturated rings. The molecule has 21 heavy (non-hydrogen) atoms. The van der Waals surface area contributed by atoms with E-state index in [1.807, 2.05) is 18.2 Å². The maximum Gasteiger partial charge on any atom is 0.202 e. The maximum absolute atomic E-state index is 8.76. The van der Waals surface area contributed by atoms with Gasteiger partial charge in [0.2, 0.25) is 5.76 Å². The second-order valence-corrected chi connectivity index (χ2v) is 5.23. The minimum absolute atomic E-state index is 0.0920. The molecular weight excluding hydrogens is 272 g/mol. The lowest BCUT2D eigenvalue weighted by molar-refractivity contribution is -0.00929. The Kier molecular flexibility index (Phi) is 4.69. The van der Waals surface area contributed by atoms with Gasteiger partial charge in [-0.25, -0.2) is 0 Å². The summed E-state index contributed by atoms with van der Waals surface area (Å²) in [4.78, 5) is 2.34. The summed E-state index contributed by atoms with van der Waals surface area (Å²) < 4.78 is 16.2. The fraction of sp³-hybridized carbons (Fsp3) is 0.533. The zero-order valence-corrected chi connectivity index (χ0v) is 11.9. The molecule has 0 radical (unpaired) electrons. The van der Waals surface area contributed by atoms with E-state index in [1.165, 1.54) is 0 Å². The summed E-state index contributed by atoms with van der Waals surface area (Å²) in [6.45, 7) is 3.24. The molecule has 0 amide bonds. The molecule has 0 aliphatic carbocycles. The Morgan fingerprint density at radius 3 is 2.90 bits per heavy atom. The summed E-state index contributed by atoms with van der Waals surface area (Å²) >= 11 is 0. The lowest BCUT2D eigenvalue weighted by Gasteiger charge is -2.31. The van der Waals surface area contributed by atoms with Crippen molar-refractivity contribution in [2.45, 2.75) is 25.5 Å². The van der Waals surface area contributed by atoms with Gasteiger partial charge in [0.05, 0.1) is 31.3 Å². The van der Waals surface area contributed by atoms with Crippen molar-refractivity contribution in [1.82, 2.24) is 10.1 Å². The van der Waals surface area contributed by atoms with Gasteiger partial charge in [-0.3, -0.25) is 4.90 Å². The summed E-state index contributed by atoms with van der Waals surface area (Å²) in [6, 6.07) is 5.61. The first-order chi connectivity index (χ1) is 10.3. The van der Waals surface area contributed by atoms with Crippen molar-refractivity contribution in [1.29, 1.82) is 0 Å². The predicted molar refractivity (Wildman–Crippen MR) is 75.5 cm³/mol. The Morgan fingerprint density at radius 1 is 1.33 bits per heavy atom. The Labute approximate surface area is 123 Å². The number of ether oxygens (including phenoxy) is 1. The molecule has 1 N–H and O–H groups in total. The van der Waals surface area contributed by atoms with Gasteiger partial charge in [0.15, 0.2) is 5.76 Å². The fourth-order valence-corrected chi connectivity index (χ4v) is 2.60. The monoisotopic (exact) mass is 292 g/mol. The average Bonchev–Trinajstić information content (AvgIpc) is 3.17. The molecule has 1 aliphatic heterocycles. The molecule has 0 atom stereocenters. The van der Waals surface area contributed by atoms with Crippen LogP contribution in [-0.2, 0) is 11.3 Å². The van der Waals surface area contributed by atoms with Crippen molar-refractivity contribution in [2.24, 2.45) is 0 Å². The summed E-state index contributed by atoms with van der Waals surface area (Å²) in [5.41, 5.74) is 0.913. The smallest absolute Gasteiger partial charge is 0.202 e. The third-order valence-electron chi connectivity index (χ3n) is 3.69. The highest BCUT2D eigenvalue weighted by molar-refractivity contribution is 5.49. The Morgan fingerprint density at radius 2 is 2.19 bits per heavy atom. The van der Waals surface area contributed by atoms with E-state index in [0.29, 0.717) is 18.1 Å². The SMILES string of the molecule is OCCOC1CCN(Cc2cc(-c3ccco3)on2)CC1. The van der Waals surface area contributed by atoms with E-state index in [9.17, 15) is 0 Å². The summed E-state index contributed by atoms with van der Waals surface area (Å²) in [5, 5.41) is 12.9. The molecular formula is C15H20N2O4. The molecule has 6 heteroatoms. The third-order valence-corrected chi connectivity index (χ3v) is 3.69. The number of aromatic nitrogens is 1. The quantitative estimate of drug-likeness (QED) is 0.877. The normalized spacial score (nSPS) is 17.4. The first kappa shape index (κ1) is 14.3. The third kappa shape index (κ3) is 3.72. The van der Waals surface area contributed by atoms with Crippen molar-refractivity contribution in [3.63, 3.8) is 0 Å². The number of likely N-dealkylation sites (tertiary alicyclic amines) is 1. The van der Waals surface area contributed by atoms with Crippen LogP contribution in [0.3, 0.4) is 0 Å². The van der Waals surface area contributed by atoms with Crippen molar-refractivity contribution in [2.75, 3.05) is 26.3 Å². The van der Waals surface area contributed by atoms with Gasteiger partial charge in [-0.2, -0.15) is 0 Å². The second kappa shape index (κ2) is 6.89. The van der Waals surface area contributed by atoms with Crippen molar-refractivity contribution < 1.29 is 18.8 Å². The average molecular weight is 292 g/mol. The lowest BCUT2D eigenvalue weighted by atomic mass is 10.1. The summed E-state index contributed by atoms with van der Waals surface area (Å²) in [5.74, 6) is 1.36. The number of aliphatic hydroxyl groups excluding tert-OH is 1. The van der Waals surface area contributed by atoms with Crippen molar-refractivity contribution in [3.8, 4) is 11.5 Å². The molecule has 0 saturated carbocycles. The number of hydrogen-bond acceptors (Lipinski definition) is 6. The van der Waals surface area contributed by atoms with Gasteiger partial charge in [-0.1, -0.05) is 5.16 Å². The number of aliphatic hydroxyl groups is 1. The van der Waals surface area contributed by atoms with E-state index in [1.54, 1.807) is 6.26 Å². The topological polar surface area (TPSA) is 71.9 Å². The molecule has 0 bridgehead atoms. The molecule has 0 unspecified atom stereocenters. The van der Waals surface area contributed by atoms with Gasteiger partial charge < -0.3 is 18.8 Å². The van der Waals surface area contributed by atoms with E-state index < -0.39 is 0 Å². The minimum Gasteiger partial charge on any atom is -0.461 e. The Balaban J connectivity index is 1.49. The van der Waals surface area contributed by atoms with Crippen LogP contribution in [0.4, 0.5) is 0 Å². The van der Waals surface area contributed by atoms with Crippen LogP contribution in [0.5, 0.6) is 0 Å². The molecule has 1 saturated heterocycles. The number of nitrogens with zero attached hydrogens (tertiary/aromatic N) is 2. The Hall–Kier alpha value is -1.63. The fourth-order valence-electron chi connectivity index (χ4n) is 2.60. The van der Waals surface area contributed by atoms with E-state index in [2.05, 4.69) is 10.1 Å². The largest absolute Gasteiger partial charge is 0.461 e. The zero-order chi connectivity index (χ0) is 14.5. The van der Waals surface area contributed by atoms with Crippen LogP contribution in [0.15, 0.2) is 33.4 Å². The first-order valence-electron chi connectivity index (χ1n) is 7.29. The Bertz CT molecular complexity index is 530. The highest BCUT2D eigenvalue weighted by Gasteiger charge is 2.20. The van der Waals surface area contributed by atoms with Gasteiger partial charge in [0.1, 0.15) is 0 Å². The number of hydrogen-bond donors (Lipinski definition) is 1. The maximum atomic E-state index is 8.76. The van der Waals surface area contributed by atoms with Crippen LogP contribution in [0.2, 0.25) is 0 Å². The number of furan rings is 1. The van der Waals surface area contributed by atoms with Crippen LogP contribution < -0.4 is 0 Å². The summed E-state index contributed by atoms with van der Waals surface area (Å²) in [6.07, 6.45) is 3.87. The van der Waals surface area contributed by atoms with Crippen LogP contribution >= 0.6 is 0 Å². The number of piperidine rings is 1. The first-order valence-corrected chi connectivity index (χ1v) is 7.29. The number of rotatable bonds is 6. The predicted octanol–water partition coefficient (Wildman–Crippen LogP) is 1.91. The summed E-state index contributed by atoms with van der Waals surface area (Å²) in [7, 11) is 0.